The lowest BCUT2D eigenvalue weighted by molar-refractivity contribution is 0.0943. The van der Waals surface area contributed by atoms with Crippen LogP contribution in [0.3, 0.4) is 0 Å². The quantitative estimate of drug-likeness (QED) is 0.788. The predicted octanol–water partition coefficient (Wildman–Crippen LogP) is 3.70. The van der Waals surface area contributed by atoms with Crippen molar-refractivity contribution in [3.63, 3.8) is 0 Å². The number of halogens is 1. The molecule has 1 amide bonds. The minimum absolute atomic E-state index is 0.0286. The van der Waals surface area contributed by atoms with E-state index in [0.717, 1.165) is 5.56 Å². The summed E-state index contributed by atoms with van der Waals surface area (Å²) < 4.78 is 28.4. The predicted molar refractivity (Wildman–Crippen MR) is 98.7 cm³/mol. The molecule has 0 aromatic heterocycles. The minimum Gasteiger partial charge on any atom is -0.350 e. The fourth-order valence-corrected chi connectivity index (χ4v) is 3.66. The van der Waals surface area contributed by atoms with E-state index in [4.69, 9.17) is 0 Å². The number of benzene rings is 2. The summed E-state index contributed by atoms with van der Waals surface area (Å²) in [6.45, 7) is 5.56. The van der Waals surface area contributed by atoms with Crippen molar-refractivity contribution >= 4 is 37.5 Å². The van der Waals surface area contributed by atoms with Crippen molar-refractivity contribution in [3.05, 3.63) is 58.1 Å². The third kappa shape index (κ3) is 4.58. The van der Waals surface area contributed by atoms with E-state index < -0.39 is 10.0 Å². The summed E-state index contributed by atoms with van der Waals surface area (Å²) in [7, 11) is -3.80. The van der Waals surface area contributed by atoms with E-state index in [2.05, 4.69) is 26.0 Å². The lowest BCUT2D eigenvalue weighted by atomic mass is 10.2. The molecule has 0 unspecified atom stereocenters. The summed E-state index contributed by atoms with van der Waals surface area (Å²) in [4.78, 5) is 12.1. The number of carbonyl (C=O) groups is 1. The summed E-state index contributed by atoms with van der Waals surface area (Å²) in [6.07, 6.45) is 0. The Balaban J connectivity index is 2.33. The Morgan fingerprint density at radius 2 is 1.83 bits per heavy atom. The molecule has 2 rings (SSSR count). The summed E-state index contributed by atoms with van der Waals surface area (Å²) in [6, 6.07) is 11.3. The first-order chi connectivity index (χ1) is 11.2. The molecule has 0 fully saturated rings. The SMILES string of the molecule is Cc1ccc(Br)c(NS(=O)(=O)c2cccc(C(=O)NC(C)C)c2)c1. The van der Waals surface area contributed by atoms with Gasteiger partial charge in [0.05, 0.1) is 10.6 Å². The first-order valence-corrected chi connectivity index (χ1v) is 9.66. The van der Waals surface area contributed by atoms with Crippen LogP contribution in [0.2, 0.25) is 0 Å². The lowest BCUT2D eigenvalue weighted by Gasteiger charge is -2.12. The lowest BCUT2D eigenvalue weighted by Crippen LogP contribution is -2.30. The topological polar surface area (TPSA) is 75.3 Å². The van der Waals surface area contributed by atoms with Gasteiger partial charge in [-0.3, -0.25) is 9.52 Å². The zero-order valence-electron chi connectivity index (χ0n) is 13.6. The highest BCUT2D eigenvalue weighted by atomic mass is 79.9. The van der Waals surface area contributed by atoms with Gasteiger partial charge >= 0.3 is 0 Å². The van der Waals surface area contributed by atoms with Gasteiger partial charge in [-0.2, -0.15) is 0 Å². The van der Waals surface area contributed by atoms with Crippen LogP contribution in [0.1, 0.15) is 29.8 Å². The van der Waals surface area contributed by atoms with Gasteiger partial charge in [0, 0.05) is 16.1 Å². The van der Waals surface area contributed by atoms with E-state index in [-0.39, 0.29) is 16.8 Å². The Labute approximate surface area is 150 Å². The van der Waals surface area contributed by atoms with Crippen molar-refractivity contribution < 1.29 is 13.2 Å². The number of carbonyl (C=O) groups excluding carboxylic acids is 1. The largest absolute Gasteiger partial charge is 0.350 e. The zero-order chi connectivity index (χ0) is 17.9. The van der Waals surface area contributed by atoms with Gasteiger partial charge in [-0.1, -0.05) is 12.1 Å². The molecule has 0 spiro atoms. The fourth-order valence-electron chi connectivity index (χ4n) is 2.07. The molecule has 128 valence electrons. The maximum absolute atomic E-state index is 12.6. The number of aryl methyl sites for hydroxylation is 1. The van der Waals surface area contributed by atoms with Crippen molar-refractivity contribution in [2.45, 2.75) is 31.7 Å². The van der Waals surface area contributed by atoms with Gasteiger partial charge in [-0.05, 0) is 72.6 Å². The first-order valence-electron chi connectivity index (χ1n) is 7.39. The molecule has 0 saturated heterocycles. The first kappa shape index (κ1) is 18.5. The Morgan fingerprint density at radius 3 is 2.50 bits per heavy atom. The zero-order valence-corrected chi connectivity index (χ0v) is 16.0. The molecule has 0 heterocycles. The molecule has 0 aliphatic rings. The van der Waals surface area contributed by atoms with Crippen LogP contribution in [0.15, 0.2) is 51.8 Å². The Morgan fingerprint density at radius 1 is 1.12 bits per heavy atom. The average Bonchev–Trinajstić information content (AvgIpc) is 2.50. The number of anilines is 1. The molecule has 0 atom stereocenters. The normalized spacial score (nSPS) is 11.4. The maximum atomic E-state index is 12.6. The highest BCUT2D eigenvalue weighted by Crippen LogP contribution is 2.26. The van der Waals surface area contributed by atoms with E-state index in [1.54, 1.807) is 24.3 Å². The Kier molecular flexibility index (Phi) is 5.66. The average molecular weight is 411 g/mol. The standard InChI is InChI=1S/C17H19BrN2O3S/c1-11(2)19-17(21)13-5-4-6-14(10-13)24(22,23)20-16-9-12(3)7-8-15(16)18/h4-11,20H,1-3H3,(H,19,21). The second kappa shape index (κ2) is 7.36. The monoisotopic (exact) mass is 410 g/mol. The molecular formula is C17H19BrN2O3S. The number of amides is 1. The summed E-state index contributed by atoms with van der Waals surface area (Å²) in [5, 5.41) is 2.74. The van der Waals surface area contributed by atoms with Crippen LogP contribution in [0, 0.1) is 6.92 Å². The number of sulfonamides is 1. The van der Waals surface area contributed by atoms with Gasteiger partial charge in [-0.15, -0.1) is 0 Å². The number of hydrogen-bond donors (Lipinski definition) is 2. The summed E-state index contributed by atoms with van der Waals surface area (Å²) >= 11 is 3.33. The molecule has 7 heteroatoms. The molecule has 0 radical (unpaired) electrons. The van der Waals surface area contributed by atoms with E-state index in [1.165, 1.54) is 12.1 Å². The fraction of sp³-hybridized carbons (Fsp3) is 0.235. The highest BCUT2D eigenvalue weighted by Gasteiger charge is 2.18. The van der Waals surface area contributed by atoms with Crippen molar-refractivity contribution in [2.75, 3.05) is 4.72 Å². The van der Waals surface area contributed by atoms with Crippen LogP contribution in [-0.4, -0.2) is 20.4 Å². The second-order valence-electron chi connectivity index (χ2n) is 5.74. The Bertz CT molecular complexity index is 864. The minimum atomic E-state index is -3.80. The van der Waals surface area contributed by atoms with Crippen LogP contribution in [0.4, 0.5) is 5.69 Å². The number of hydrogen-bond acceptors (Lipinski definition) is 3. The molecule has 2 aromatic carbocycles. The van der Waals surface area contributed by atoms with E-state index in [0.29, 0.717) is 15.7 Å². The maximum Gasteiger partial charge on any atom is 0.261 e. The van der Waals surface area contributed by atoms with Gasteiger partial charge in [0.15, 0.2) is 0 Å². The van der Waals surface area contributed by atoms with Crippen LogP contribution in [0.5, 0.6) is 0 Å². The molecule has 0 aliphatic heterocycles. The van der Waals surface area contributed by atoms with E-state index in [9.17, 15) is 13.2 Å². The molecule has 0 bridgehead atoms. The smallest absolute Gasteiger partial charge is 0.261 e. The number of rotatable bonds is 5. The van der Waals surface area contributed by atoms with Gasteiger partial charge in [-0.25, -0.2) is 8.42 Å². The molecular weight excluding hydrogens is 392 g/mol. The van der Waals surface area contributed by atoms with Gasteiger partial charge in [0.2, 0.25) is 0 Å². The van der Waals surface area contributed by atoms with Crippen molar-refractivity contribution in [2.24, 2.45) is 0 Å². The van der Waals surface area contributed by atoms with Crippen LogP contribution < -0.4 is 10.0 Å². The van der Waals surface area contributed by atoms with E-state index >= 15 is 0 Å². The highest BCUT2D eigenvalue weighted by molar-refractivity contribution is 9.10. The van der Waals surface area contributed by atoms with E-state index in [1.807, 2.05) is 26.8 Å². The molecule has 2 aromatic rings. The van der Waals surface area contributed by atoms with Crippen molar-refractivity contribution in [1.29, 1.82) is 0 Å². The summed E-state index contributed by atoms with van der Waals surface area (Å²) in [5.41, 5.74) is 1.68. The molecule has 0 saturated carbocycles. The van der Waals surface area contributed by atoms with Gasteiger partial charge in [0.1, 0.15) is 0 Å². The van der Waals surface area contributed by atoms with Crippen LogP contribution in [0.25, 0.3) is 0 Å². The third-order valence-electron chi connectivity index (χ3n) is 3.19. The van der Waals surface area contributed by atoms with Crippen molar-refractivity contribution in [1.82, 2.24) is 5.32 Å². The third-order valence-corrected chi connectivity index (χ3v) is 5.25. The number of nitrogens with one attached hydrogen (secondary N) is 2. The van der Waals surface area contributed by atoms with Gasteiger partial charge in [0.25, 0.3) is 15.9 Å². The Hall–Kier alpha value is -1.86. The summed E-state index contributed by atoms with van der Waals surface area (Å²) in [5.74, 6) is -0.307. The molecule has 24 heavy (non-hydrogen) atoms. The second-order valence-corrected chi connectivity index (χ2v) is 8.28. The van der Waals surface area contributed by atoms with Crippen LogP contribution in [-0.2, 0) is 10.0 Å². The molecule has 5 nitrogen and oxygen atoms in total. The molecule has 0 aliphatic carbocycles. The van der Waals surface area contributed by atoms with Crippen molar-refractivity contribution in [3.8, 4) is 0 Å². The van der Waals surface area contributed by atoms with Gasteiger partial charge < -0.3 is 5.32 Å². The molecule has 2 N–H and O–H groups in total. The van der Waals surface area contributed by atoms with Crippen LogP contribution >= 0.6 is 15.9 Å².